The normalized spacial score (nSPS) is 9.15. The molecule has 0 aromatic rings. The molecular weight excluding hydrogens is 279 g/mol. The summed E-state index contributed by atoms with van der Waals surface area (Å²) in [6, 6.07) is 4.48. The second-order valence-electron chi connectivity index (χ2n) is 4.21. The van der Waals surface area contributed by atoms with Gasteiger partial charge in [-0.15, -0.1) is 0 Å². The quantitative estimate of drug-likeness (QED) is 0.698. The average Bonchev–Trinajstić information content (AvgIpc) is 2.29. The molecule has 0 N–H and O–H groups in total. The van der Waals surface area contributed by atoms with E-state index >= 15 is 0 Å². The Kier molecular flexibility index (Phi) is 13.3. The molecule has 0 aliphatic rings. The summed E-state index contributed by atoms with van der Waals surface area (Å²) in [6.07, 6.45) is 0. The van der Waals surface area contributed by atoms with E-state index in [0.717, 1.165) is 20.8 Å². The molecule has 0 fully saturated rings. The molecule has 0 spiro atoms. The minimum absolute atomic E-state index is 0.171. The van der Waals surface area contributed by atoms with E-state index in [4.69, 9.17) is 0 Å². The van der Waals surface area contributed by atoms with Gasteiger partial charge in [0.25, 0.3) is 17.9 Å². The monoisotopic (exact) mass is 304 g/mol. The Bertz CT molecular complexity index is 263. The number of carbonyl (C=O) groups excluding carboxylic acids is 3. The third-order valence-electron chi connectivity index (χ3n) is 2.52. The van der Waals surface area contributed by atoms with E-state index in [2.05, 4.69) is 34.7 Å². The molecule has 0 atom stereocenters. The Balaban J connectivity index is 0. The first-order valence-electron chi connectivity index (χ1n) is 6.78. The summed E-state index contributed by atoms with van der Waals surface area (Å²) in [5.41, 5.74) is 0. The van der Waals surface area contributed by atoms with Gasteiger partial charge in [-0.05, 0) is 0 Å². The van der Waals surface area contributed by atoms with Crippen molar-refractivity contribution in [2.45, 2.75) is 59.7 Å². The van der Waals surface area contributed by atoms with Crippen molar-refractivity contribution in [1.82, 2.24) is 0 Å². The van der Waals surface area contributed by atoms with Crippen molar-refractivity contribution in [2.24, 2.45) is 0 Å². The number of rotatable bonds is 6. The molecule has 0 rings (SSSR count). The zero-order valence-corrected chi connectivity index (χ0v) is 14.4. The van der Waals surface area contributed by atoms with Crippen LogP contribution in [0.15, 0.2) is 0 Å². The van der Waals surface area contributed by atoms with Crippen molar-refractivity contribution in [3.63, 3.8) is 0 Å². The molecule has 0 aromatic heterocycles. The van der Waals surface area contributed by atoms with Crippen LogP contribution in [0.2, 0.25) is 18.1 Å². The summed E-state index contributed by atoms with van der Waals surface area (Å²) in [7, 11) is -1.76. The summed E-state index contributed by atoms with van der Waals surface area (Å²) < 4.78 is 13.0. The fraction of sp³-hybridized carbons (Fsp3) is 0.750. The lowest BCUT2D eigenvalue weighted by Gasteiger charge is -2.09. The fourth-order valence-corrected chi connectivity index (χ4v) is 3.08. The third kappa shape index (κ3) is 14.8. The van der Waals surface area contributed by atoms with Crippen LogP contribution >= 0.6 is 0 Å². The highest BCUT2D eigenvalue weighted by atomic mass is 28.3. The third-order valence-corrected chi connectivity index (χ3v) is 5.98. The van der Waals surface area contributed by atoms with Gasteiger partial charge in [-0.3, -0.25) is 14.4 Å². The van der Waals surface area contributed by atoms with Gasteiger partial charge in [-0.25, -0.2) is 0 Å². The Morgan fingerprint density at radius 1 is 0.750 bits per heavy atom. The topological polar surface area (TPSA) is 78.9 Å². The molecule has 0 heterocycles. The lowest BCUT2D eigenvalue weighted by Crippen LogP contribution is -2.32. The van der Waals surface area contributed by atoms with Gasteiger partial charge in [0.05, 0.1) is 0 Å². The minimum Gasteiger partial charge on any atom is -0.462 e. The summed E-state index contributed by atoms with van der Waals surface area (Å²) in [4.78, 5) is 31.2. The molecule has 0 saturated carbocycles. The summed E-state index contributed by atoms with van der Waals surface area (Å²) in [5.74, 6) is -2.15. The Morgan fingerprint density at radius 3 is 1.10 bits per heavy atom. The van der Waals surface area contributed by atoms with Crippen LogP contribution in [0.3, 0.4) is 0 Å². The molecule has 116 valence electrons. The second-order valence-corrected chi connectivity index (χ2v) is 8.39. The predicted octanol–water partition coefficient (Wildman–Crippen LogP) is 1.93. The van der Waals surface area contributed by atoms with E-state index in [1.54, 1.807) is 0 Å². The first-order chi connectivity index (χ1) is 9.26. The predicted molar refractivity (Wildman–Crippen MR) is 79.6 cm³/mol. The van der Waals surface area contributed by atoms with Crippen LogP contribution in [-0.4, -0.2) is 34.0 Å². The molecule has 0 aliphatic carbocycles. The van der Waals surface area contributed by atoms with Crippen LogP contribution in [-0.2, 0) is 28.3 Å². The van der Waals surface area contributed by atoms with Gasteiger partial charge in [0.2, 0.25) is 0 Å². The van der Waals surface area contributed by atoms with Gasteiger partial charge in [0, 0.05) is 29.6 Å². The van der Waals surface area contributed by atoms with Crippen LogP contribution in [0.4, 0.5) is 0 Å². The van der Waals surface area contributed by atoms with Crippen molar-refractivity contribution >= 4 is 34.0 Å². The molecule has 0 amide bonds. The van der Waals surface area contributed by atoms with Gasteiger partial charge in [-0.1, -0.05) is 38.9 Å². The standard InChI is InChI=1S/C6H9BO6.C6H16Si/c1-4(8)11-7(12-5(2)9)13-6(3)10;1-4-7(5-2)6-3/h1-3H3;7H,4-6H2,1-3H3. The highest BCUT2D eigenvalue weighted by Crippen LogP contribution is 2.01. The van der Waals surface area contributed by atoms with E-state index in [9.17, 15) is 14.4 Å². The van der Waals surface area contributed by atoms with Gasteiger partial charge >= 0.3 is 7.32 Å². The Labute approximate surface area is 122 Å². The maximum absolute atomic E-state index is 10.4. The van der Waals surface area contributed by atoms with E-state index in [1.165, 1.54) is 18.1 Å². The second kappa shape index (κ2) is 12.7. The van der Waals surface area contributed by atoms with E-state index in [0.29, 0.717) is 0 Å². The summed E-state index contributed by atoms with van der Waals surface area (Å²) in [5, 5.41) is 0. The Hall–Kier alpha value is -1.31. The zero-order chi connectivity index (χ0) is 16.1. The van der Waals surface area contributed by atoms with Crippen LogP contribution in [0.1, 0.15) is 41.5 Å². The van der Waals surface area contributed by atoms with Crippen molar-refractivity contribution in [2.75, 3.05) is 0 Å². The highest BCUT2D eigenvalue weighted by Gasteiger charge is 2.33. The molecule has 0 unspecified atom stereocenters. The molecule has 0 saturated heterocycles. The minimum atomic E-state index is -1.59. The average molecular weight is 304 g/mol. The van der Waals surface area contributed by atoms with Crippen LogP contribution in [0.5, 0.6) is 0 Å². The van der Waals surface area contributed by atoms with Crippen LogP contribution in [0.25, 0.3) is 0 Å². The van der Waals surface area contributed by atoms with Crippen LogP contribution < -0.4 is 0 Å². The number of hydrogen-bond acceptors (Lipinski definition) is 6. The smallest absolute Gasteiger partial charge is 0.462 e. The molecule has 0 aliphatic heterocycles. The van der Waals surface area contributed by atoms with Crippen LogP contribution in [0, 0.1) is 0 Å². The van der Waals surface area contributed by atoms with Gasteiger partial charge in [0.15, 0.2) is 0 Å². The summed E-state index contributed by atoms with van der Waals surface area (Å²) in [6.45, 7) is 10.3. The van der Waals surface area contributed by atoms with Gasteiger partial charge in [0.1, 0.15) is 0 Å². The van der Waals surface area contributed by atoms with Gasteiger partial charge in [-0.2, -0.15) is 0 Å². The van der Waals surface area contributed by atoms with Crippen molar-refractivity contribution in [1.29, 1.82) is 0 Å². The van der Waals surface area contributed by atoms with Crippen molar-refractivity contribution < 1.29 is 28.3 Å². The lowest BCUT2D eigenvalue weighted by molar-refractivity contribution is -0.144. The van der Waals surface area contributed by atoms with E-state index in [1.807, 2.05) is 0 Å². The molecular formula is C12H25BO6Si. The van der Waals surface area contributed by atoms with E-state index in [-0.39, 0.29) is 8.80 Å². The SMILES string of the molecule is CC(=O)OB(OC(C)=O)OC(C)=O.CC[SiH](CC)CC. The van der Waals surface area contributed by atoms with Crippen molar-refractivity contribution in [3.8, 4) is 0 Å². The first-order valence-corrected chi connectivity index (χ1v) is 9.23. The molecule has 20 heavy (non-hydrogen) atoms. The molecule has 6 nitrogen and oxygen atoms in total. The Morgan fingerprint density at radius 2 is 1.00 bits per heavy atom. The maximum atomic E-state index is 10.4. The summed E-state index contributed by atoms with van der Waals surface area (Å²) >= 11 is 0. The van der Waals surface area contributed by atoms with Gasteiger partial charge < -0.3 is 14.0 Å². The number of hydrogen-bond donors (Lipinski definition) is 0. The number of carbonyl (C=O) groups is 3. The fourth-order valence-electron chi connectivity index (χ4n) is 1.34. The van der Waals surface area contributed by atoms with E-state index < -0.39 is 25.2 Å². The lowest BCUT2D eigenvalue weighted by atomic mass is 10.2. The molecule has 0 aromatic carbocycles. The maximum Gasteiger partial charge on any atom is 0.870 e. The highest BCUT2D eigenvalue weighted by molar-refractivity contribution is 6.58. The molecule has 0 radical (unpaired) electrons. The molecule has 0 bridgehead atoms. The molecule has 8 heteroatoms. The first kappa shape index (κ1) is 21.0. The zero-order valence-electron chi connectivity index (χ0n) is 13.2. The largest absolute Gasteiger partial charge is 0.870 e. The van der Waals surface area contributed by atoms with Crippen molar-refractivity contribution in [3.05, 3.63) is 0 Å².